The minimum absolute atomic E-state index is 0.477. The highest BCUT2D eigenvalue weighted by Crippen LogP contribution is 2.24. The first-order valence-electron chi connectivity index (χ1n) is 6.11. The zero-order valence-corrected chi connectivity index (χ0v) is 10.9. The topological polar surface area (TPSA) is 64.1 Å². The summed E-state index contributed by atoms with van der Waals surface area (Å²) in [6.45, 7) is 4.12. The van der Waals surface area contributed by atoms with Gasteiger partial charge < -0.3 is 15.5 Å². The first kappa shape index (κ1) is 11.6. The number of nitrogen functional groups attached to an aromatic ring is 1. The Hall–Kier alpha value is -2.49. The molecule has 0 spiro atoms. The van der Waals surface area contributed by atoms with E-state index in [0.717, 1.165) is 16.8 Å². The molecular weight excluding hydrogens is 238 g/mol. The maximum Gasteiger partial charge on any atom is 0.300 e. The van der Waals surface area contributed by atoms with Crippen LogP contribution >= 0.6 is 0 Å². The van der Waals surface area contributed by atoms with Crippen LogP contribution in [0, 0.1) is 13.8 Å². The lowest BCUT2D eigenvalue weighted by atomic mass is 10.1. The number of oxazole rings is 1. The zero-order valence-electron chi connectivity index (χ0n) is 10.9. The molecule has 1 heterocycles. The molecule has 4 heteroatoms. The standard InChI is InChI=1S/C15H15N3O/c1-9-5-10(2)7-12(6-9)17-15-18-13-8-11(16)3-4-14(13)19-15/h3-8H,16H2,1-2H3,(H,17,18). The zero-order chi connectivity index (χ0) is 13.4. The molecule has 2 aromatic carbocycles. The van der Waals surface area contributed by atoms with Crippen LogP contribution < -0.4 is 11.1 Å². The van der Waals surface area contributed by atoms with Gasteiger partial charge in [0.25, 0.3) is 6.01 Å². The van der Waals surface area contributed by atoms with Gasteiger partial charge in [0.15, 0.2) is 5.58 Å². The average molecular weight is 253 g/mol. The van der Waals surface area contributed by atoms with Crippen LogP contribution in [0.3, 0.4) is 0 Å². The number of benzene rings is 2. The second kappa shape index (κ2) is 4.31. The Bertz CT molecular complexity index is 726. The number of hydrogen-bond acceptors (Lipinski definition) is 4. The number of hydrogen-bond donors (Lipinski definition) is 2. The van der Waals surface area contributed by atoms with Crippen molar-refractivity contribution in [1.29, 1.82) is 0 Å². The van der Waals surface area contributed by atoms with Crippen LogP contribution in [0.5, 0.6) is 0 Å². The van der Waals surface area contributed by atoms with Gasteiger partial charge in [-0.1, -0.05) is 6.07 Å². The van der Waals surface area contributed by atoms with E-state index in [1.165, 1.54) is 11.1 Å². The van der Waals surface area contributed by atoms with Crippen molar-refractivity contribution in [3.63, 3.8) is 0 Å². The molecule has 4 nitrogen and oxygen atoms in total. The normalized spacial score (nSPS) is 10.8. The number of rotatable bonds is 2. The van der Waals surface area contributed by atoms with Crippen LogP contribution in [0.25, 0.3) is 11.1 Å². The SMILES string of the molecule is Cc1cc(C)cc(Nc2nc3cc(N)ccc3o2)c1. The molecule has 1 aromatic heterocycles. The highest BCUT2D eigenvalue weighted by molar-refractivity contribution is 5.78. The number of fused-ring (bicyclic) bond motifs is 1. The molecule has 0 aliphatic heterocycles. The van der Waals surface area contributed by atoms with Gasteiger partial charge in [-0.2, -0.15) is 4.98 Å². The van der Waals surface area contributed by atoms with Crippen molar-refractivity contribution >= 4 is 28.5 Å². The van der Waals surface area contributed by atoms with Crippen LogP contribution in [0.15, 0.2) is 40.8 Å². The van der Waals surface area contributed by atoms with E-state index in [1.54, 1.807) is 12.1 Å². The largest absolute Gasteiger partial charge is 0.423 e. The van der Waals surface area contributed by atoms with Gasteiger partial charge in [-0.25, -0.2) is 0 Å². The lowest BCUT2D eigenvalue weighted by Crippen LogP contribution is -1.91. The fraction of sp³-hybridized carbons (Fsp3) is 0.133. The van der Waals surface area contributed by atoms with E-state index in [9.17, 15) is 0 Å². The number of nitrogens with zero attached hydrogens (tertiary/aromatic N) is 1. The summed E-state index contributed by atoms with van der Waals surface area (Å²) in [5.74, 6) is 0. The van der Waals surface area contributed by atoms with Crippen molar-refractivity contribution < 1.29 is 4.42 Å². The number of aromatic nitrogens is 1. The predicted molar refractivity (Wildman–Crippen MR) is 77.6 cm³/mol. The summed E-state index contributed by atoms with van der Waals surface area (Å²) in [4.78, 5) is 4.37. The highest BCUT2D eigenvalue weighted by atomic mass is 16.4. The molecule has 0 bridgehead atoms. The molecule has 0 fully saturated rings. The molecular formula is C15H15N3O. The molecule has 0 aliphatic rings. The van der Waals surface area contributed by atoms with E-state index >= 15 is 0 Å². The smallest absolute Gasteiger partial charge is 0.300 e. The van der Waals surface area contributed by atoms with Crippen molar-refractivity contribution in [2.45, 2.75) is 13.8 Å². The number of anilines is 3. The van der Waals surface area contributed by atoms with Gasteiger partial charge in [0.05, 0.1) is 0 Å². The third-order valence-electron chi connectivity index (χ3n) is 2.88. The Labute approximate surface area is 111 Å². The quantitative estimate of drug-likeness (QED) is 0.682. The maximum absolute atomic E-state index is 5.72. The maximum atomic E-state index is 5.72. The summed E-state index contributed by atoms with van der Waals surface area (Å²) in [6, 6.07) is 12.1. The van der Waals surface area contributed by atoms with Crippen LogP contribution in [-0.2, 0) is 0 Å². The second-order valence-corrected chi connectivity index (χ2v) is 4.75. The van der Waals surface area contributed by atoms with E-state index in [1.807, 2.05) is 6.07 Å². The van der Waals surface area contributed by atoms with Gasteiger partial charge in [0, 0.05) is 11.4 Å². The summed E-state index contributed by atoms with van der Waals surface area (Å²) < 4.78 is 5.63. The van der Waals surface area contributed by atoms with E-state index in [2.05, 4.69) is 42.3 Å². The van der Waals surface area contributed by atoms with E-state index in [0.29, 0.717) is 11.7 Å². The second-order valence-electron chi connectivity index (χ2n) is 4.75. The van der Waals surface area contributed by atoms with Crippen molar-refractivity contribution in [3.8, 4) is 0 Å². The first-order valence-corrected chi connectivity index (χ1v) is 6.11. The molecule has 0 atom stereocenters. The molecule has 19 heavy (non-hydrogen) atoms. The first-order chi connectivity index (χ1) is 9.10. The molecule has 3 rings (SSSR count). The Morgan fingerprint density at radius 1 is 1.05 bits per heavy atom. The minimum Gasteiger partial charge on any atom is -0.423 e. The van der Waals surface area contributed by atoms with Crippen molar-refractivity contribution in [2.75, 3.05) is 11.1 Å². The van der Waals surface area contributed by atoms with E-state index in [4.69, 9.17) is 10.2 Å². The van der Waals surface area contributed by atoms with Crippen LogP contribution in [0.4, 0.5) is 17.4 Å². The fourth-order valence-corrected chi connectivity index (χ4v) is 2.17. The van der Waals surface area contributed by atoms with Crippen LogP contribution in [-0.4, -0.2) is 4.98 Å². The van der Waals surface area contributed by atoms with Gasteiger partial charge in [-0.05, 0) is 55.3 Å². The van der Waals surface area contributed by atoms with E-state index < -0.39 is 0 Å². The molecule has 0 saturated carbocycles. The molecule has 0 aliphatic carbocycles. The molecule has 3 N–H and O–H groups in total. The lowest BCUT2D eigenvalue weighted by molar-refractivity contribution is 0.623. The van der Waals surface area contributed by atoms with Crippen molar-refractivity contribution in [2.24, 2.45) is 0 Å². The van der Waals surface area contributed by atoms with Crippen LogP contribution in [0.2, 0.25) is 0 Å². The van der Waals surface area contributed by atoms with Gasteiger partial charge in [-0.3, -0.25) is 0 Å². The Balaban J connectivity index is 1.96. The van der Waals surface area contributed by atoms with Gasteiger partial charge in [0.2, 0.25) is 0 Å². The third kappa shape index (κ3) is 2.38. The molecule has 3 aromatic rings. The Kier molecular flexibility index (Phi) is 2.63. The highest BCUT2D eigenvalue weighted by Gasteiger charge is 2.06. The third-order valence-corrected chi connectivity index (χ3v) is 2.88. The molecule has 96 valence electrons. The van der Waals surface area contributed by atoms with Crippen molar-refractivity contribution in [3.05, 3.63) is 47.5 Å². The Morgan fingerprint density at radius 3 is 2.53 bits per heavy atom. The average Bonchev–Trinajstić information content (AvgIpc) is 2.68. The van der Waals surface area contributed by atoms with Gasteiger partial charge in [0.1, 0.15) is 5.52 Å². The fourth-order valence-electron chi connectivity index (χ4n) is 2.17. The monoisotopic (exact) mass is 253 g/mol. The van der Waals surface area contributed by atoms with Gasteiger partial charge >= 0.3 is 0 Å². The molecule has 0 unspecified atom stereocenters. The summed E-state index contributed by atoms with van der Waals surface area (Å²) in [5.41, 5.74) is 11.2. The molecule has 0 saturated heterocycles. The van der Waals surface area contributed by atoms with Crippen LogP contribution in [0.1, 0.15) is 11.1 Å². The van der Waals surface area contributed by atoms with Crippen molar-refractivity contribution in [1.82, 2.24) is 4.98 Å². The minimum atomic E-state index is 0.477. The summed E-state index contributed by atoms with van der Waals surface area (Å²) >= 11 is 0. The molecule has 0 amide bonds. The summed E-state index contributed by atoms with van der Waals surface area (Å²) in [5, 5.41) is 3.18. The predicted octanol–water partition coefficient (Wildman–Crippen LogP) is 3.77. The number of nitrogens with one attached hydrogen (secondary N) is 1. The van der Waals surface area contributed by atoms with Gasteiger partial charge in [-0.15, -0.1) is 0 Å². The number of nitrogens with two attached hydrogens (primary N) is 1. The Morgan fingerprint density at radius 2 is 1.79 bits per heavy atom. The summed E-state index contributed by atoms with van der Waals surface area (Å²) in [7, 11) is 0. The van der Waals surface area contributed by atoms with E-state index in [-0.39, 0.29) is 0 Å². The molecule has 0 radical (unpaired) electrons. The lowest BCUT2D eigenvalue weighted by Gasteiger charge is -2.04. The number of aryl methyl sites for hydroxylation is 2. The summed E-state index contributed by atoms with van der Waals surface area (Å²) in [6.07, 6.45) is 0.